The largest absolute Gasteiger partial charge is 0.361 e. The summed E-state index contributed by atoms with van der Waals surface area (Å²) in [5.74, 6) is -0.0197. The summed E-state index contributed by atoms with van der Waals surface area (Å²) in [5.41, 5.74) is 5.40. The Hall–Kier alpha value is -2.66. The van der Waals surface area contributed by atoms with Gasteiger partial charge in [-0.25, -0.2) is 0 Å². The van der Waals surface area contributed by atoms with E-state index in [0.717, 1.165) is 48.1 Å². The molecule has 5 nitrogen and oxygen atoms in total. The van der Waals surface area contributed by atoms with Crippen LogP contribution in [-0.2, 0) is 19.4 Å². The number of aromatic nitrogens is 2. The molecular formula is C20H22N4O. The molecule has 0 fully saturated rings. The Kier molecular flexibility index (Phi) is 4.24. The van der Waals surface area contributed by atoms with Crippen LogP contribution in [0.15, 0.2) is 42.9 Å². The van der Waals surface area contributed by atoms with Crippen LogP contribution in [0.2, 0.25) is 0 Å². The van der Waals surface area contributed by atoms with E-state index in [9.17, 15) is 4.79 Å². The van der Waals surface area contributed by atoms with Gasteiger partial charge in [-0.3, -0.25) is 9.78 Å². The maximum atomic E-state index is 12.6. The number of rotatable bonds is 4. The highest BCUT2D eigenvalue weighted by atomic mass is 16.1. The number of pyridine rings is 1. The fourth-order valence-corrected chi connectivity index (χ4v) is 3.57. The highest BCUT2D eigenvalue weighted by Gasteiger charge is 2.20. The molecule has 0 atom stereocenters. The predicted molar refractivity (Wildman–Crippen MR) is 98.6 cm³/mol. The SMILES string of the molecule is CN1CCc2c(cncc2C(=O)NCCc2c[nH]c3ccccc23)C1. The van der Waals surface area contributed by atoms with E-state index >= 15 is 0 Å². The second kappa shape index (κ2) is 6.69. The van der Waals surface area contributed by atoms with Gasteiger partial charge in [0.1, 0.15) is 0 Å². The lowest BCUT2D eigenvalue weighted by Gasteiger charge is -2.26. The summed E-state index contributed by atoms with van der Waals surface area (Å²) in [5, 5.41) is 4.28. The molecule has 4 rings (SSSR count). The predicted octanol–water partition coefficient (Wildman–Crippen LogP) is 2.52. The second-order valence-electron chi connectivity index (χ2n) is 6.68. The van der Waals surface area contributed by atoms with Crippen LogP contribution in [-0.4, -0.2) is 40.9 Å². The highest BCUT2D eigenvalue weighted by molar-refractivity contribution is 5.95. The number of aromatic amines is 1. The Labute approximate surface area is 147 Å². The van der Waals surface area contributed by atoms with E-state index in [1.54, 1.807) is 6.20 Å². The van der Waals surface area contributed by atoms with Crippen LogP contribution in [0.4, 0.5) is 0 Å². The first-order valence-corrected chi connectivity index (χ1v) is 8.70. The number of carbonyl (C=O) groups is 1. The molecule has 0 aliphatic carbocycles. The maximum absolute atomic E-state index is 12.6. The molecule has 1 aliphatic heterocycles. The number of benzene rings is 1. The van der Waals surface area contributed by atoms with Gasteiger partial charge < -0.3 is 15.2 Å². The van der Waals surface area contributed by atoms with Crippen LogP contribution in [0.1, 0.15) is 27.0 Å². The van der Waals surface area contributed by atoms with Gasteiger partial charge in [-0.2, -0.15) is 0 Å². The summed E-state index contributed by atoms with van der Waals surface area (Å²) >= 11 is 0. The number of amides is 1. The number of nitrogens with one attached hydrogen (secondary N) is 2. The normalized spacial score (nSPS) is 14.4. The fraction of sp³-hybridized carbons (Fsp3) is 0.300. The molecule has 3 aromatic rings. The van der Waals surface area contributed by atoms with Crippen LogP contribution in [0.25, 0.3) is 10.9 Å². The molecule has 25 heavy (non-hydrogen) atoms. The van der Waals surface area contributed by atoms with Crippen molar-refractivity contribution in [1.29, 1.82) is 0 Å². The van der Waals surface area contributed by atoms with Crippen molar-refractivity contribution >= 4 is 16.8 Å². The van der Waals surface area contributed by atoms with Crippen molar-refractivity contribution in [3.8, 4) is 0 Å². The number of H-pyrrole nitrogens is 1. The van der Waals surface area contributed by atoms with E-state index in [0.29, 0.717) is 6.54 Å². The molecule has 128 valence electrons. The summed E-state index contributed by atoms with van der Waals surface area (Å²) < 4.78 is 0. The number of likely N-dealkylation sites (N-methyl/N-ethyl adjacent to an activating group) is 1. The van der Waals surface area contributed by atoms with Crippen LogP contribution < -0.4 is 5.32 Å². The van der Waals surface area contributed by atoms with Gasteiger partial charge in [0.2, 0.25) is 0 Å². The lowest BCUT2D eigenvalue weighted by molar-refractivity contribution is 0.0952. The Morgan fingerprint density at radius 2 is 2.20 bits per heavy atom. The third-order valence-electron chi connectivity index (χ3n) is 4.93. The average Bonchev–Trinajstić information content (AvgIpc) is 3.04. The molecule has 1 aliphatic rings. The highest BCUT2D eigenvalue weighted by Crippen LogP contribution is 2.21. The van der Waals surface area contributed by atoms with Crippen molar-refractivity contribution in [2.24, 2.45) is 0 Å². The monoisotopic (exact) mass is 334 g/mol. The summed E-state index contributed by atoms with van der Waals surface area (Å²) in [6, 6.07) is 8.23. The molecule has 1 aromatic carbocycles. The first kappa shape index (κ1) is 15.8. The first-order valence-electron chi connectivity index (χ1n) is 8.70. The van der Waals surface area contributed by atoms with Gasteiger partial charge in [-0.1, -0.05) is 18.2 Å². The number of carbonyl (C=O) groups excluding carboxylic acids is 1. The molecule has 0 saturated carbocycles. The Morgan fingerprint density at radius 1 is 1.32 bits per heavy atom. The standard InChI is InChI=1S/C20H22N4O/c1-24-9-7-16-15(13-24)10-21-12-18(16)20(25)22-8-6-14-11-23-19-5-3-2-4-17(14)19/h2-5,10-12,23H,6-9,13H2,1H3,(H,22,25). The zero-order chi connectivity index (χ0) is 17.2. The van der Waals surface area contributed by atoms with Gasteiger partial charge in [0.15, 0.2) is 0 Å². The number of hydrogen-bond acceptors (Lipinski definition) is 3. The van der Waals surface area contributed by atoms with Crippen molar-refractivity contribution in [3.63, 3.8) is 0 Å². The van der Waals surface area contributed by atoms with E-state index in [1.807, 2.05) is 24.5 Å². The number of hydrogen-bond donors (Lipinski definition) is 2. The second-order valence-corrected chi connectivity index (χ2v) is 6.68. The van der Waals surface area contributed by atoms with Gasteiger partial charge >= 0.3 is 0 Å². The molecule has 2 aromatic heterocycles. The summed E-state index contributed by atoms with van der Waals surface area (Å²) in [4.78, 5) is 22.4. The van der Waals surface area contributed by atoms with E-state index in [2.05, 4.69) is 39.4 Å². The maximum Gasteiger partial charge on any atom is 0.253 e. The lowest BCUT2D eigenvalue weighted by atomic mass is 9.97. The molecule has 0 unspecified atom stereocenters. The van der Waals surface area contributed by atoms with Crippen molar-refractivity contribution in [2.45, 2.75) is 19.4 Å². The minimum absolute atomic E-state index is 0.0197. The van der Waals surface area contributed by atoms with Crippen molar-refractivity contribution in [2.75, 3.05) is 20.1 Å². The number of para-hydroxylation sites is 1. The third kappa shape index (κ3) is 3.15. The van der Waals surface area contributed by atoms with Crippen LogP contribution in [0.5, 0.6) is 0 Å². The molecule has 0 saturated heterocycles. The molecule has 0 radical (unpaired) electrons. The van der Waals surface area contributed by atoms with Crippen molar-refractivity contribution in [1.82, 2.24) is 20.2 Å². The molecule has 2 N–H and O–H groups in total. The number of fused-ring (bicyclic) bond motifs is 2. The van der Waals surface area contributed by atoms with Gasteiger partial charge in [-0.15, -0.1) is 0 Å². The van der Waals surface area contributed by atoms with Crippen molar-refractivity contribution in [3.05, 3.63) is 65.1 Å². The third-order valence-corrected chi connectivity index (χ3v) is 4.93. The van der Waals surface area contributed by atoms with Gasteiger partial charge in [0.25, 0.3) is 5.91 Å². The van der Waals surface area contributed by atoms with Crippen LogP contribution in [0.3, 0.4) is 0 Å². The zero-order valence-corrected chi connectivity index (χ0v) is 14.4. The minimum Gasteiger partial charge on any atom is -0.361 e. The van der Waals surface area contributed by atoms with Gasteiger partial charge in [0.05, 0.1) is 5.56 Å². The summed E-state index contributed by atoms with van der Waals surface area (Å²) in [6.45, 7) is 2.45. The Balaban J connectivity index is 1.44. The van der Waals surface area contributed by atoms with E-state index < -0.39 is 0 Å². The van der Waals surface area contributed by atoms with Crippen molar-refractivity contribution < 1.29 is 4.79 Å². The van der Waals surface area contributed by atoms with Gasteiger partial charge in [-0.05, 0) is 42.6 Å². The lowest BCUT2D eigenvalue weighted by Crippen LogP contribution is -2.31. The van der Waals surface area contributed by atoms with Crippen LogP contribution in [0, 0.1) is 0 Å². The molecule has 0 spiro atoms. The van der Waals surface area contributed by atoms with E-state index in [1.165, 1.54) is 10.9 Å². The smallest absolute Gasteiger partial charge is 0.253 e. The topological polar surface area (TPSA) is 61.0 Å². The average molecular weight is 334 g/mol. The summed E-state index contributed by atoms with van der Waals surface area (Å²) in [7, 11) is 2.09. The minimum atomic E-state index is -0.0197. The van der Waals surface area contributed by atoms with E-state index in [-0.39, 0.29) is 5.91 Å². The van der Waals surface area contributed by atoms with E-state index in [4.69, 9.17) is 0 Å². The molecule has 1 amide bonds. The Bertz CT molecular complexity index is 915. The molecule has 3 heterocycles. The Morgan fingerprint density at radius 3 is 3.12 bits per heavy atom. The van der Waals surface area contributed by atoms with Crippen LogP contribution >= 0.6 is 0 Å². The fourth-order valence-electron chi connectivity index (χ4n) is 3.57. The zero-order valence-electron chi connectivity index (χ0n) is 14.4. The van der Waals surface area contributed by atoms with Gasteiger partial charge in [0, 0.05) is 49.1 Å². The molecular weight excluding hydrogens is 312 g/mol. The summed E-state index contributed by atoms with van der Waals surface area (Å²) in [6.07, 6.45) is 7.32. The number of nitrogens with zero attached hydrogens (tertiary/aromatic N) is 2. The first-order chi connectivity index (χ1) is 12.2. The molecule has 5 heteroatoms. The quantitative estimate of drug-likeness (QED) is 0.771. The molecule has 0 bridgehead atoms.